The van der Waals surface area contributed by atoms with Crippen LogP contribution in [0.5, 0.6) is 0 Å². The number of anilines is 1. The van der Waals surface area contributed by atoms with E-state index in [0.29, 0.717) is 17.9 Å². The van der Waals surface area contributed by atoms with Gasteiger partial charge in [0.25, 0.3) is 11.8 Å². The second-order valence-corrected chi connectivity index (χ2v) is 9.04. The van der Waals surface area contributed by atoms with E-state index in [0.717, 1.165) is 37.5 Å². The number of benzene rings is 1. The molecule has 31 heavy (non-hydrogen) atoms. The molecule has 1 saturated heterocycles. The van der Waals surface area contributed by atoms with Crippen molar-refractivity contribution in [1.29, 1.82) is 0 Å². The van der Waals surface area contributed by atoms with Gasteiger partial charge in [0.05, 0.1) is 0 Å². The van der Waals surface area contributed by atoms with Crippen molar-refractivity contribution in [3.63, 3.8) is 0 Å². The van der Waals surface area contributed by atoms with E-state index in [2.05, 4.69) is 20.5 Å². The molecule has 0 aromatic heterocycles. The molecule has 0 aliphatic carbocycles. The highest BCUT2D eigenvalue weighted by molar-refractivity contribution is 8.15. The molecule has 2 heterocycles. The van der Waals surface area contributed by atoms with Crippen molar-refractivity contribution in [3.8, 4) is 0 Å². The molecule has 8 nitrogen and oxygen atoms in total. The molecule has 3 rings (SSSR count). The predicted molar refractivity (Wildman–Crippen MR) is 122 cm³/mol. The molecule has 2 unspecified atom stereocenters. The highest BCUT2D eigenvalue weighted by Crippen LogP contribution is 2.29. The molecule has 2 aliphatic heterocycles. The Morgan fingerprint density at radius 3 is 2.61 bits per heavy atom. The van der Waals surface area contributed by atoms with Crippen LogP contribution in [0.1, 0.15) is 49.4 Å². The Balaban J connectivity index is 1.46. The third-order valence-electron chi connectivity index (χ3n) is 5.29. The summed E-state index contributed by atoms with van der Waals surface area (Å²) in [4.78, 5) is 43.2. The van der Waals surface area contributed by atoms with E-state index in [1.165, 1.54) is 18.2 Å². The van der Waals surface area contributed by atoms with Gasteiger partial charge in [-0.2, -0.15) is 4.99 Å². The van der Waals surface area contributed by atoms with Gasteiger partial charge < -0.3 is 20.3 Å². The lowest BCUT2D eigenvalue weighted by molar-refractivity contribution is -0.121. The van der Waals surface area contributed by atoms with Crippen LogP contribution in [0.25, 0.3) is 0 Å². The van der Waals surface area contributed by atoms with Crippen LogP contribution < -0.4 is 10.6 Å². The lowest BCUT2D eigenvalue weighted by Crippen LogP contribution is -2.33. The number of hydrogen-bond donors (Lipinski definition) is 2. The fraction of sp³-hybridized carbons (Fsp3) is 0.545. The number of carbonyl (C=O) groups excluding carboxylic acids is 3. The number of hydrogen-bond acceptors (Lipinski definition) is 6. The van der Waals surface area contributed by atoms with Crippen molar-refractivity contribution in [2.75, 3.05) is 32.1 Å². The van der Waals surface area contributed by atoms with Gasteiger partial charge in [-0.1, -0.05) is 11.8 Å². The molecule has 9 heteroatoms. The van der Waals surface area contributed by atoms with Crippen molar-refractivity contribution in [2.45, 2.75) is 50.3 Å². The van der Waals surface area contributed by atoms with Crippen LogP contribution in [0, 0.1) is 0 Å². The minimum atomic E-state index is -0.476. The van der Waals surface area contributed by atoms with E-state index < -0.39 is 5.25 Å². The molecule has 0 saturated carbocycles. The third-order valence-corrected chi connectivity index (χ3v) is 6.50. The van der Waals surface area contributed by atoms with Crippen molar-refractivity contribution in [1.82, 2.24) is 10.2 Å². The van der Waals surface area contributed by atoms with Crippen LogP contribution in [0.3, 0.4) is 0 Å². The summed E-state index contributed by atoms with van der Waals surface area (Å²) in [5.74, 6) is -0.654. The highest BCUT2D eigenvalue weighted by Gasteiger charge is 2.33. The van der Waals surface area contributed by atoms with Gasteiger partial charge in [-0.25, -0.2) is 0 Å². The maximum Gasteiger partial charge on any atom is 0.262 e. The number of amides is 3. The van der Waals surface area contributed by atoms with E-state index in [1.807, 2.05) is 6.92 Å². The number of aliphatic imine (C=N–C) groups is 1. The van der Waals surface area contributed by atoms with Gasteiger partial charge in [-0.15, -0.1) is 0 Å². The molecule has 2 aliphatic rings. The molecule has 1 fully saturated rings. The van der Waals surface area contributed by atoms with Crippen LogP contribution in [-0.2, 0) is 14.3 Å². The zero-order valence-corrected chi connectivity index (χ0v) is 18.9. The number of carbonyl (C=O) groups is 3. The second-order valence-electron chi connectivity index (χ2n) is 7.87. The van der Waals surface area contributed by atoms with Gasteiger partial charge in [-0.05, 0) is 56.9 Å². The molecule has 2 atom stereocenters. The van der Waals surface area contributed by atoms with Crippen LogP contribution in [0.4, 0.5) is 5.69 Å². The summed E-state index contributed by atoms with van der Waals surface area (Å²) in [5.41, 5.74) is 1.10. The molecule has 3 amide bonds. The van der Waals surface area contributed by atoms with E-state index in [9.17, 15) is 14.4 Å². The van der Waals surface area contributed by atoms with Gasteiger partial charge >= 0.3 is 0 Å². The lowest BCUT2D eigenvalue weighted by Gasteiger charge is -2.27. The van der Waals surface area contributed by atoms with E-state index in [4.69, 9.17) is 4.74 Å². The summed E-state index contributed by atoms with van der Waals surface area (Å²) < 4.78 is 5.02. The topological polar surface area (TPSA) is 100 Å². The fourth-order valence-electron chi connectivity index (χ4n) is 3.49. The third kappa shape index (κ3) is 6.80. The van der Waals surface area contributed by atoms with Crippen molar-refractivity contribution >= 4 is 40.3 Å². The summed E-state index contributed by atoms with van der Waals surface area (Å²) in [6.07, 6.45) is 4.24. The first kappa shape index (κ1) is 23.3. The maximum absolute atomic E-state index is 12.4. The first-order valence-corrected chi connectivity index (χ1v) is 11.6. The molecule has 168 valence electrons. The lowest BCUT2D eigenvalue weighted by atomic mass is 10.1. The average Bonchev–Trinajstić information content (AvgIpc) is 3.13. The summed E-state index contributed by atoms with van der Waals surface area (Å²) in [6, 6.07) is 6.71. The quantitative estimate of drug-likeness (QED) is 0.637. The molecule has 0 bridgehead atoms. The first-order valence-electron chi connectivity index (χ1n) is 10.7. The Morgan fingerprint density at radius 1 is 1.23 bits per heavy atom. The Labute approximate surface area is 187 Å². The number of methoxy groups -OCH3 is 1. The van der Waals surface area contributed by atoms with Gasteiger partial charge in [0.1, 0.15) is 5.25 Å². The average molecular weight is 447 g/mol. The zero-order valence-electron chi connectivity index (χ0n) is 18.1. The minimum absolute atomic E-state index is 0.00493. The number of rotatable bonds is 8. The fourth-order valence-corrected chi connectivity index (χ4v) is 4.61. The number of ether oxygens (including phenoxy) is 1. The molecular formula is C22H30N4O4S. The second kappa shape index (κ2) is 11.3. The predicted octanol–water partition coefficient (Wildman–Crippen LogP) is 2.65. The normalized spacial score (nSPS) is 19.7. The van der Waals surface area contributed by atoms with Gasteiger partial charge in [0, 0.05) is 50.5 Å². The van der Waals surface area contributed by atoms with Crippen LogP contribution in [0.2, 0.25) is 0 Å². The summed E-state index contributed by atoms with van der Waals surface area (Å²) in [6.45, 7) is 4.35. The molecule has 0 spiro atoms. The van der Waals surface area contributed by atoms with E-state index >= 15 is 0 Å². The van der Waals surface area contributed by atoms with E-state index in [1.54, 1.807) is 31.4 Å². The zero-order chi connectivity index (χ0) is 22.2. The number of nitrogens with zero attached hydrogens (tertiary/aromatic N) is 2. The van der Waals surface area contributed by atoms with Crippen LogP contribution in [0.15, 0.2) is 29.3 Å². The Kier molecular flexibility index (Phi) is 8.48. The molecule has 1 aromatic carbocycles. The summed E-state index contributed by atoms with van der Waals surface area (Å²) in [5, 5.41) is 5.98. The van der Waals surface area contributed by atoms with E-state index in [-0.39, 0.29) is 30.2 Å². The first-order chi connectivity index (χ1) is 15.0. The molecular weight excluding hydrogens is 416 g/mol. The summed E-state index contributed by atoms with van der Waals surface area (Å²) in [7, 11) is 1.63. The number of likely N-dealkylation sites (tertiary alicyclic amines) is 1. The molecule has 0 radical (unpaired) electrons. The van der Waals surface area contributed by atoms with Crippen LogP contribution >= 0.6 is 11.8 Å². The Bertz CT molecular complexity index is 821. The maximum atomic E-state index is 12.4. The number of amidine groups is 1. The smallest absolute Gasteiger partial charge is 0.262 e. The number of piperidine rings is 1. The Morgan fingerprint density at radius 2 is 1.94 bits per heavy atom. The largest absolute Gasteiger partial charge is 0.385 e. The Hall–Kier alpha value is -2.39. The van der Waals surface area contributed by atoms with Gasteiger partial charge in [0.15, 0.2) is 5.17 Å². The monoisotopic (exact) mass is 446 g/mol. The van der Waals surface area contributed by atoms with Gasteiger partial charge in [0.2, 0.25) is 5.91 Å². The number of nitrogens with one attached hydrogen (secondary N) is 2. The molecule has 1 aromatic rings. The standard InChI is InChI=1S/C22H30N4O4S/c1-15(10-13-30-2)23-20(28)16-6-8-17(9-7-16)24-19(27)14-18-21(29)25-22(31-18)26-11-4-3-5-12-26/h6-9,15,18H,3-5,10-14H2,1-2H3,(H,23,28)(H,24,27). The van der Waals surface area contributed by atoms with Crippen LogP contribution in [-0.4, -0.2) is 65.9 Å². The van der Waals surface area contributed by atoms with Crippen molar-refractivity contribution < 1.29 is 19.1 Å². The SMILES string of the molecule is COCCC(C)NC(=O)c1ccc(NC(=O)CC2SC(N3CCCCC3)=NC2=O)cc1. The number of thioether (sulfide) groups is 1. The highest BCUT2D eigenvalue weighted by atomic mass is 32.2. The molecule has 2 N–H and O–H groups in total. The van der Waals surface area contributed by atoms with Gasteiger partial charge in [-0.3, -0.25) is 14.4 Å². The minimum Gasteiger partial charge on any atom is -0.385 e. The summed E-state index contributed by atoms with van der Waals surface area (Å²) >= 11 is 1.39. The van der Waals surface area contributed by atoms with Crippen molar-refractivity contribution in [2.24, 2.45) is 4.99 Å². The van der Waals surface area contributed by atoms with Crippen molar-refractivity contribution in [3.05, 3.63) is 29.8 Å².